The molecule has 0 radical (unpaired) electrons. The molecule has 0 aliphatic rings. The fraction of sp³-hybridized carbons (Fsp3) is 0.150. The molecule has 1 aromatic heterocycles. The number of hydrogen-bond acceptors (Lipinski definition) is 5. The Morgan fingerprint density at radius 2 is 1.88 bits per heavy atom. The van der Waals surface area contributed by atoms with Crippen LogP contribution in [0, 0.1) is 5.41 Å². The van der Waals surface area contributed by atoms with E-state index in [4.69, 9.17) is 20.6 Å². The highest BCUT2D eigenvalue weighted by molar-refractivity contribution is 7.07. The van der Waals surface area contributed by atoms with Crippen molar-refractivity contribution in [1.29, 1.82) is 5.41 Å². The molecule has 6 heteroatoms. The van der Waals surface area contributed by atoms with Crippen LogP contribution >= 0.6 is 11.3 Å². The van der Waals surface area contributed by atoms with Gasteiger partial charge in [0.15, 0.2) is 11.5 Å². The molecular weight excluding hydrogens is 346 g/mol. The number of benzene rings is 2. The highest BCUT2D eigenvalue weighted by atomic mass is 32.1. The molecule has 0 aliphatic carbocycles. The number of amidine groups is 1. The van der Waals surface area contributed by atoms with Crippen LogP contribution in [0.2, 0.25) is 0 Å². The standard InChI is InChI=1S/C20H21N3O2S/c1-24-19-10-14(2-7-18(19)25-12-15-8-9-26-13-15)11-23-17-5-3-16(4-6-17)20(21)22/h2-10,13,23H,11-12H2,1H3,(H3,21,22). The van der Waals surface area contributed by atoms with Gasteiger partial charge < -0.3 is 20.5 Å². The number of rotatable bonds is 8. The Morgan fingerprint density at radius 1 is 1.08 bits per heavy atom. The smallest absolute Gasteiger partial charge is 0.161 e. The third kappa shape index (κ3) is 4.55. The summed E-state index contributed by atoms with van der Waals surface area (Å²) in [5.41, 5.74) is 9.38. The van der Waals surface area contributed by atoms with E-state index < -0.39 is 0 Å². The number of nitrogens with one attached hydrogen (secondary N) is 2. The topological polar surface area (TPSA) is 80.4 Å². The first kappa shape index (κ1) is 17.8. The summed E-state index contributed by atoms with van der Waals surface area (Å²) >= 11 is 1.66. The van der Waals surface area contributed by atoms with Crippen LogP contribution in [-0.4, -0.2) is 12.9 Å². The Labute approximate surface area is 156 Å². The average molecular weight is 367 g/mol. The molecule has 2 aromatic carbocycles. The first-order chi connectivity index (χ1) is 12.7. The molecule has 0 aliphatic heterocycles. The van der Waals surface area contributed by atoms with Gasteiger partial charge in [0, 0.05) is 17.8 Å². The Hall–Kier alpha value is -2.99. The predicted molar refractivity (Wildman–Crippen MR) is 106 cm³/mol. The van der Waals surface area contributed by atoms with E-state index in [0.29, 0.717) is 24.5 Å². The second-order valence-corrected chi connectivity index (χ2v) is 6.53. The zero-order valence-electron chi connectivity index (χ0n) is 14.5. The van der Waals surface area contributed by atoms with Gasteiger partial charge in [-0.25, -0.2) is 0 Å². The Kier molecular flexibility index (Phi) is 5.76. The van der Waals surface area contributed by atoms with Gasteiger partial charge in [0.2, 0.25) is 0 Å². The summed E-state index contributed by atoms with van der Waals surface area (Å²) in [7, 11) is 1.64. The van der Waals surface area contributed by atoms with E-state index in [9.17, 15) is 0 Å². The van der Waals surface area contributed by atoms with Crippen LogP contribution < -0.4 is 20.5 Å². The number of nitrogen functional groups attached to an aromatic ring is 1. The second-order valence-electron chi connectivity index (χ2n) is 5.75. The summed E-state index contributed by atoms with van der Waals surface area (Å²) < 4.78 is 11.3. The van der Waals surface area contributed by atoms with Crippen molar-refractivity contribution in [2.75, 3.05) is 12.4 Å². The van der Waals surface area contributed by atoms with E-state index in [2.05, 4.69) is 10.7 Å². The molecule has 0 bridgehead atoms. The average Bonchev–Trinajstić information content (AvgIpc) is 3.19. The van der Waals surface area contributed by atoms with Gasteiger partial charge in [-0.15, -0.1) is 0 Å². The molecular formula is C20H21N3O2S. The van der Waals surface area contributed by atoms with E-state index >= 15 is 0 Å². The second kappa shape index (κ2) is 8.40. The highest BCUT2D eigenvalue weighted by Crippen LogP contribution is 2.29. The van der Waals surface area contributed by atoms with Gasteiger partial charge >= 0.3 is 0 Å². The Balaban J connectivity index is 1.62. The van der Waals surface area contributed by atoms with Gasteiger partial charge in [-0.1, -0.05) is 6.07 Å². The molecule has 4 N–H and O–H groups in total. The molecule has 3 rings (SSSR count). The lowest BCUT2D eigenvalue weighted by molar-refractivity contribution is 0.285. The fourth-order valence-electron chi connectivity index (χ4n) is 2.45. The molecule has 0 saturated carbocycles. The monoisotopic (exact) mass is 367 g/mol. The number of hydrogen-bond donors (Lipinski definition) is 3. The van der Waals surface area contributed by atoms with Crippen LogP contribution in [0.5, 0.6) is 11.5 Å². The lowest BCUT2D eigenvalue weighted by Gasteiger charge is -2.13. The van der Waals surface area contributed by atoms with Gasteiger partial charge in [0.25, 0.3) is 0 Å². The molecule has 0 spiro atoms. The van der Waals surface area contributed by atoms with E-state index in [1.807, 2.05) is 53.9 Å². The number of methoxy groups -OCH3 is 1. The largest absolute Gasteiger partial charge is 0.493 e. The van der Waals surface area contributed by atoms with Crippen LogP contribution in [0.1, 0.15) is 16.7 Å². The number of ether oxygens (including phenoxy) is 2. The van der Waals surface area contributed by atoms with Gasteiger partial charge in [-0.3, -0.25) is 5.41 Å². The molecule has 0 amide bonds. The van der Waals surface area contributed by atoms with Crippen LogP contribution in [0.15, 0.2) is 59.3 Å². The van der Waals surface area contributed by atoms with E-state index in [1.54, 1.807) is 18.4 Å². The molecule has 0 atom stereocenters. The molecule has 0 saturated heterocycles. The number of thiophene rings is 1. The lowest BCUT2D eigenvalue weighted by atomic mass is 10.1. The maximum absolute atomic E-state index is 7.42. The van der Waals surface area contributed by atoms with Gasteiger partial charge in [-0.05, 0) is 64.4 Å². The maximum Gasteiger partial charge on any atom is 0.161 e. The number of nitrogens with two attached hydrogens (primary N) is 1. The quantitative estimate of drug-likeness (QED) is 0.411. The zero-order valence-corrected chi connectivity index (χ0v) is 15.3. The summed E-state index contributed by atoms with van der Waals surface area (Å²) in [5, 5.41) is 14.9. The summed E-state index contributed by atoms with van der Waals surface area (Å²) in [4.78, 5) is 0. The lowest BCUT2D eigenvalue weighted by Crippen LogP contribution is -2.10. The van der Waals surface area contributed by atoms with Gasteiger partial charge in [0.05, 0.1) is 7.11 Å². The molecule has 134 valence electrons. The molecule has 0 fully saturated rings. The van der Waals surface area contributed by atoms with Crippen LogP contribution in [0.25, 0.3) is 0 Å². The molecule has 26 heavy (non-hydrogen) atoms. The molecule has 5 nitrogen and oxygen atoms in total. The van der Waals surface area contributed by atoms with Crippen molar-refractivity contribution in [2.45, 2.75) is 13.2 Å². The zero-order chi connectivity index (χ0) is 18.4. The minimum absolute atomic E-state index is 0.0688. The summed E-state index contributed by atoms with van der Waals surface area (Å²) in [5.74, 6) is 1.51. The van der Waals surface area contributed by atoms with Crippen molar-refractivity contribution in [1.82, 2.24) is 0 Å². The van der Waals surface area contributed by atoms with Crippen LogP contribution in [-0.2, 0) is 13.2 Å². The Morgan fingerprint density at radius 3 is 2.54 bits per heavy atom. The van der Waals surface area contributed by atoms with E-state index in [-0.39, 0.29) is 5.84 Å². The van der Waals surface area contributed by atoms with E-state index in [1.165, 1.54) is 0 Å². The highest BCUT2D eigenvalue weighted by Gasteiger charge is 2.07. The van der Waals surface area contributed by atoms with Crippen molar-refractivity contribution in [3.8, 4) is 11.5 Å². The normalized spacial score (nSPS) is 10.3. The summed E-state index contributed by atoms with van der Waals surface area (Å²) in [6.07, 6.45) is 0. The summed E-state index contributed by atoms with van der Waals surface area (Å²) in [6, 6.07) is 15.4. The maximum atomic E-state index is 7.42. The fourth-order valence-corrected chi connectivity index (χ4v) is 3.10. The van der Waals surface area contributed by atoms with Gasteiger partial charge in [-0.2, -0.15) is 11.3 Å². The van der Waals surface area contributed by atoms with Crippen molar-refractivity contribution < 1.29 is 9.47 Å². The predicted octanol–water partition coefficient (Wildman–Crippen LogP) is 4.23. The minimum Gasteiger partial charge on any atom is -0.493 e. The van der Waals surface area contributed by atoms with Crippen molar-refractivity contribution in [2.24, 2.45) is 5.73 Å². The number of anilines is 1. The third-order valence-electron chi connectivity index (χ3n) is 3.90. The first-order valence-corrected chi connectivity index (χ1v) is 9.09. The van der Waals surface area contributed by atoms with Crippen LogP contribution in [0.3, 0.4) is 0 Å². The first-order valence-electron chi connectivity index (χ1n) is 8.15. The molecule has 1 heterocycles. The van der Waals surface area contributed by atoms with E-state index in [0.717, 1.165) is 22.6 Å². The molecule has 3 aromatic rings. The molecule has 0 unspecified atom stereocenters. The van der Waals surface area contributed by atoms with Crippen LogP contribution in [0.4, 0.5) is 5.69 Å². The SMILES string of the molecule is COc1cc(CNc2ccc(C(=N)N)cc2)ccc1OCc1ccsc1. The summed E-state index contributed by atoms with van der Waals surface area (Å²) in [6.45, 7) is 1.18. The third-order valence-corrected chi connectivity index (χ3v) is 4.63. The Bertz CT molecular complexity index is 861. The van der Waals surface area contributed by atoms with Crippen molar-refractivity contribution in [3.63, 3.8) is 0 Å². The van der Waals surface area contributed by atoms with Crippen molar-refractivity contribution >= 4 is 22.9 Å². The van der Waals surface area contributed by atoms with Crippen molar-refractivity contribution in [3.05, 3.63) is 76.0 Å². The minimum atomic E-state index is 0.0688. The van der Waals surface area contributed by atoms with Gasteiger partial charge in [0.1, 0.15) is 12.4 Å².